The zero-order valence-electron chi connectivity index (χ0n) is 12.2. The quantitative estimate of drug-likeness (QED) is 0.699. The van der Waals surface area contributed by atoms with Gasteiger partial charge in [-0.1, -0.05) is 30.0 Å². The standard InChI is InChI=1S/C17H13F2NO2S/c1-2-22-17(21)15-16(11-5-3-4-6-13(11)20-15)23-14-8-7-10(18)9-12(14)19/h3-9,20H,2H2,1H3. The number of aromatic amines is 1. The minimum absolute atomic E-state index is 0.238. The lowest BCUT2D eigenvalue weighted by molar-refractivity contribution is 0.0516. The molecule has 3 nitrogen and oxygen atoms in total. The third kappa shape index (κ3) is 3.07. The second-order valence-electron chi connectivity index (χ2n) is 4.77. The molecule has 3 aromatic rings. The van der Waals surface area contributed by atoms with Gasteiger partial charge in [0, 0.05) is 21.9 Å². The van der Waals surface area contributed by atoms with Crippen molar-refractivity contribution in [3.05, 3.63) is 59.8 Å². The zero-order chi connectivity index (χ0) is 16.4. The van der Waals surface area contributed by atoms with Crippen LogP contribution in [-0.4, -0.2) is 17.6 Å². The number of carbonyl (C=O) groups excluding carboxylic acids is 1. The monoisotopic (exact) mass is 333 g/mol. The van der Waals surface area contributed by atoms with E-state index in [1.54, 1.807) is 6.92 Å². The first kappa shape index (κ1) is 15.6. The van der Waals surface area contributed by atoms with Crippen molar-refractivity contribution in [3.8, 4) is 0 Å². The van der Waals surface area contributed by atoms with Crippen LogP contribution in [0.15, 0.2) is 52.3 Å². The Hall–Kier alpha value is -2.34. The summed E-state index contributed by atoms with van der Waals surface area (Å²) in [6.45, 7) is 1.95. The van der Waals surface area contributed by atoms with Crippen molar-refractivity contribution >= 4 is 28.6 Å². The summed E-state index contributed by atoms with van der Waals surface area (Å²) >= 11 is 1.07. The third-order valence-corrected chi connectivity index (χ3v) is 4.42. The predicted octanol–water partition coefficient (Wildman–Crippen LogP) is 4.77. The fourth-order valence-corrected chi connectivity index (χ4v) is 3.27. The van der Waals surface area contributed by atoms with Gasteiger partial charge >= 0.3 is 5.97 Å². The van der Waals surface area contributed by atoms with Crippen molar-refractivity contribution in [2.45, 2.75) is 16.7 Å². The lowest BCUT2D eigenvalue weighted by atomic mass is 10.2. The Morgan fingerprint density at radius 3 is 2.74 bits per heavy atom. The van der Waals surface area contributed by atoms with Crippen LogP contribution < -0.4 is 0 Å². The Bertz CT molecular complexity index is 876. The minimum atomic E-state index is -0.671. The maximum absolute atomic E-state index is 13.9. The topological polar surface area (TPSA) is 42.1 Å². The van der Waals surface area contributed by atoms with Crippen molar-refractivity contribution < 1.29 is 18.3 Å². The van der Waals surface area contributed by atoms with Crippen molar-refractivity contribution in [2.75, 3.05) is 6.61 Å². The molecule has 0 fully saturated rings. The van der Waals surface area contributed by atoms with Crippen molar-refractivity contribution in [1.82, 2.24) is 4.98 Å². The van der Waals surface area contributed by atoms with Crippen LogP contribution in [0.1, 0.15) is 17.4 Å². The normalized spacial score (nSPS) is 10.9. The van der Waals surface area contributed by atoms with Crippen molar-refractivity contribution in [1.29, 1.82) is 0 Å². The first-order valence-electron chi connectivity index (χ1n) is 7.01. The smallest absolute Gasteiger partial charge is 0.355 e. The second-order valence-corrected chi connectivity index (χ2v) is 5.82. The molecule has 0 atom stereocenters. The molecule has 0 radical (unpaired) electrons. The number of hydrogen-bond acceptors (Lipinski definition) is 3. The van der Waals surface area contributed by atoms with Crippen LogP contribution in [0, 0.1) is 11.6 Å². The van der Waals surface area contributed by atoms with Crippen LogP contribution in [0.2, 0.25) is 0 Å². The van der Waals surface area contributed by atoms with Gasteiger partial charge < -0.3 is 9.72 Å². The van der Waals surface area contributed by atoms with Gasteiger partial charge in [0.1, 0.15) is 17.3 Å². The fourth-order valence-electron chi connectivity index (χ4n) is 2.24. The molecule has 1 heterocycles. The summed E-state index contributed by atoms with van der Waals surface area (Å²) in [6, 6.07) is 10.7. The summed E-state index contributed by atoms with van der Waals surface area (Å²) in [5, 5.41) is 0.782. The molecular formula is C17H13F2NO2S. The van der Waals surface area contributed by atoms with E-state index in [1.807, 2.05) is 24.3 Å². The summed E-state index contributed by atoms with van der Waals surface area (Å²) in [5.41, 5.74) is 1.02. The number of rotatable bonds is 4. The molecule has 3 rings (SSSR count). The number of fused-ring (bicyclic) bond motifs is 1. The molecule has 23 heavy (non-hydrogen) atoms. The van der Waals surface area contributed by atoms with E-state index in [2.05, 4.69) is 4.98 Å². The van der Waals surface area contributed by atoms with Crippen LogP contribution in [0.5, 0.6) is 0 Å². The highest BCUT2D eigenvalue weighted by molar-refractivity contribution is 7.99. The van der Waals surface area contributed by atoms with Gasteiger partial charge in [-0.3, -0.25) is 0 Å². The van der Waals surface area contributed by atoms with Gasteiger partial charge in [0.05, 0.1) is 11.5 Å². The number of para-hydroxylation sites is 1. The number of H-pyrrole nitrogens is 1. The summed E-state index contributed by atoms with van der Waals surface area (Å²) in [7, 11) is 0. The number of aromatic nitrogens is 1. The number of benzene rings is 2. The molecule has 1 N–H and O–H groups in total. The first-order chi connectivity index (χ1) is 11.1. The molecule has 0 aliphatic heterocycles. The van der Waals surface area contributed by atoms with E-state index in [-0.39, 0.29) is 17.2 Å². The average molecular weight is 333 g/mol. The number of halogens is 2. The van der Waals surface area contributed by atoms with Crippen LogP contribution in [0.3, 0.4) is 0 Å². The maximum atomic E-state index is 13.9. The minimum Gasteiger partial charge on any atom is -0.461 e. The Labute approximate surface area is 135 Å². The van der Waals surface area contributed by atoms with E-state index in [0.29, 0.717) is 4.90 Å². The Morgan fingerprint density at radius 1 is 1.22 bits per heavy atom. The highest BCUT2D eigenvalue weighted by Gasteiger charge is 2.20. The van der Waals surface area contributed by atoms with Gasteiger partial charge in [0.15, 0.2) is 0 Å². The number of hydrogen-bond donors (Lipinski definition) is 1. The van der Waals surface area contributed by atoms with Crippen LogP contribution in [0.25, 0.3) is 10.9 Å². The number of nitrogens with one attached hydrogen (secondary N) is 1. The molecule has 0 bridgehead atoms. The molecule has 0 aliphatic rings. The van der Waals surface area contributed by atoms with Crippen molar-refractivity contribution in [3.63, 3.8) is 0 Å². The predicted molar refractivity (Wildman–Crippen MR) is 84.7 cm³/mol. The molecule has 0 spiro atoms. The van der Waals surface area contributed by atoms with E-state index >= 15 is 0 Å². The summed E-state index contributed by atoms with van der Waals surface area (Å²) in [6.07, 6.45) is 0. The van der Waals surface area contributed by atoms with Gasteiger partial charge in [-0.25, -0.2) is 13.6 Å². The lowest BCUT2D eigenvalue weighted by Gasteiger charge is -2.06. The molecule has 0 amide bonds. The van der Waals surface area contributed by atoms with Gasteiger partial charge in [-0.05, 0) is 25.1 Å². The molecule has 0 saturated heterocycles. The third-order valence-electron chi connectivity index (χ3n) is 3.24. The summed E-state index contributed by atoms with van der Waals surface area (Å²) in [5.74, 6) is -1.82. The Kier molecular flexibility index (Phi) is 4.34. The van der Waals surface area contributed by atoms with Gasteiger partial charge in [0.25, 0.3) is 0 Å². The Morgan fingerprint density at radius 2 is 2.00 bits per heavy atom. The molecule has 2 aromatic carbocycles. The largest absolute Gasteiger partial charge is 0.461 e. The van der Waals surface area contributed by atoms with Crippen LogP contribution in [0.4, 0.5) is 8.78 Å². The molecule has 118 valence electrons. The lowest BCUT2D eigenvalue weighted by Crippen LogP contribution is -2.06. The molecule has 0 aliphatic carbocycles. The van der Waals surface area contributed by atoms with Crippen molar-refractivity contribution in [2.24, 2.45) is 0 Å². The number of carbonyl (C=O) groups is 1. The number of esters is 1. The van der Waals surface area contributed by atoms with E-state index in [4.69, 9.17) is 4.74 Å². The van der Waals surface area contributed by atoms with Gasteiger partial charge in [-0.15, -0.1) is 0 Å². The van der Waals surface area contributed by atoms with E-state index in [1.165, 1.54) is 12.1 Å². The van der Waals surface area contributed by atoms with Crippen LogP contribution in [-0.2, 0) is 4.74 Å². The second kappa shape index (κ2) is 6.42. The fraction of sp³-hybridized carbons (Fsp3) is 0.118. The van der Waals surface area contributed by atoms with Crippen LogP contribution >= 0.6 is 11.8 Å². The van der Waals surface area contributed by atoms with Gasteiger partial charge in [0.2, 0.25) is 0 Å². The number of ether oxygens (including phenoxy) is 1. The summed E-state index contributed by atoms with van der Waals surface area (Å²) < 4.78 is 32.0. The zero-order valence-corrected chi connectivity index (χ0v) is 13.0. The molecule has 6 heteroatoms. The highest BCUT2D eigenvalue weighted by atomic mass is 32.2. The maximum Gasteiger partial charge on any atom is 0.355 e. The Balaban J connectivity index is 2.10. The molecule has 0 unspecified atom stereocenters. The SMILES string of the molecule is CCOC(=O)c1[nH]c2ccccc2c1Sc1ccc(F)cc1F. The van der Waals surface area contributed by atoms with E-state index in [9.17, 15) is 13.6 Å². The van der Waals surface area contributed by atoms with E-state index in [0.717, 1.165) is 28.7 Å². The summed E-state index contributed by atoms with van der Waals surface area (Å²) in [4.78, 5) is 15.9. The first-order valence-corrected chi connectivity index (χ1v) is 7.82. The average Bonchev–Trinajstić information content (AvgIpc) is 2.89. The molecular weight excluding hydrogens is 320 g/mol. The highest BCUT2D eigenvalue weighted by Crippen LogP contribution is 2.38. The van der Waals surface area contributed by atoms with Gasteiger partial charge in [-0.2, -0.15) is 0 Å². The van der Waals surface area contributed by atoms with E-state index < -0.39 is 17.6 Å². The molecule has 0 saturated carbocycles. The molecule has 1 aromatic heterocycles.